The second-order valence-corrected chi connectivity index (χ2v) is 7.59. The van der Waals surface area contributed by atoms with Gasteiger partial charge in [-0.05, 0) is 30.3 Å². The maximum Gasteiger partial charge on any atom is 0.416 e. The summed E-state index contributed by atoms with van der Waals surface area (Å²) < 4.78 is 44.3. The standard InChI is InChI=1S/C25H17F3N2O5/c26-25(27,28)16-9-6-10-17(13-16)29-22(32)21(15-7-2-1-3-8-15)35-20(31)14-30-23(33)18-11-4-5-12-19(18)24(30)34/h1-13,21H,14H2,(H,29,32)/t21-/m1/s1. The van der Waals surface area contributed by atoms with Crippen molar-refractivity contribution in [3.05, 3.63) is 101 Å². The van der Waals surface area contributed by atoms with Crippen molar-refractivity contribution in [3.8, 4) is 0 Å². The number of anilines is 1. The average molecular weight is 482 g/mol. The molecule has 10 heteroatoms. The molecule has 3 amide bonds. The number of hydrogen-bond donors (Lipinski definition) is 1. The molecule has 0 unspecified atom stereocenters. The zero-order valence-electron chi connectivity index (χ0n) is 17.9. The van der Waals surface area contributed by atoms with Crippen molar-refractivity contribution in [1.29, 1.82) is 0 Å². The van der Waals surface area contributed by atoms with Crippen LogP contribution in [0.3, 0.4) is 0 Å². The number of alkyl halides is 3. The highest BCUT2D eigenvalue weighted by Gasteiger charge is 2.37. The molecule has 0 saturated heterocycles. The first kappa shape index (κ1) is 23.7. The minimum Gasteiger partial charge on any atom is -0.446 e. The second-order valence-electron chi connectivity index (χ2n) is 7.59. The zero-order chi connectivity index (χ0) is 25.2. The van der Waals surface area contributed by atoms with E-state index in [0.717, 1.165) is 18.2 Å². The van der Waals surface area contributed by atoms with Crippen molar-refractivity contribution in [2.45, 2.75) is 12.3 Å². The molecule has 0 bridgehead atoms. The predicted octanol–water partition coefficient (Wildman–Crippen LogP) is 4.22. The van der Waals surface area contributed by atoms with E-state index in [1.165, 1.54) is 30.3 Å². The van der Waals surface area contributed by atoms with Gasteiger partial charge in [-0.3, -0.25) is 24.1 Å². The summed E-state index contributed by atoms with van der Waals surface area (Å²) in [5.74, 6) is -3.31. The van der Waals surface area contributed by atoms with E-state index in [9.17, 15) is 32.3 Å². The van der Waals surface area contributed by atoms with E-state index in [1.807, 2.05) is 0 Å². The van der Waals surface area contributed by atoms with Gasteiger partial charge in [-0.2, -0.15) is 13.2 Å². The number of ether oxygens (including phenoxy) is 1. The molecule has 3 aromatic carbocycles. The number of nitrogens with zero attached hydrogens (tertiary/aromatic N) is 1. The highest BCUT2D eigenvalue weighted by molar-refractivity contribution is 6.22. The highest BCUT2D eigenvalue weighted by Crippen LogP contribution is 2.31. The monoisotopic (exact) mass is 482 g/mol. The lowest BCUT2D eigenvalue weighted by Crippen LogP contribution is -2.37. The summed E-state index contributed by atoms with van der Waals surface area (Å²) in [5.41, 5.74) is -0.580. The average Bonchev–Trinajstić information content (AvgIpc) is 3.07. The Morgan fingerprint density at radius 2 is 1.46 bits per heavy atom. The Kier molecular flexibility index (Phi) is 6.37. The van der Waals surface area contributed by atoms with E-state index in [2.05, 4.69) is 5.32 Å². The number of hydrogen-bond acceptors (Lipinski definition) is 5. The lowest BCUT2D eigenvalue weighted by atomic mass is 10.1. The first-order valence-electron chi connectivity index (χ1n) is 10.3. The topological polar surface area (TPSA) is 92.8 Å². The van der Waals surface area contributed by atoms with Gasteiger partial charge in [0.1, 0.15) is 6.54 Å². The van der Waals surface area contributed by atoms with Crippen molar-refractivity contribution < 1.29 is 37.1 Å². The van der Waals surface area contributed by atoms with Crippen LogP contribution in [-0.2, 0) is 20.5 Å². The smallest absolute Gasteiger partial charge is 0.416 e. The largest absolute Gasteiger partial charge is 0.446 e. The third-order valence-corrected chi connectivity index (χ3v) is 5.21. The normalized spacial score (nSPS) is 13.9. The van der Waals surface area contributed by atoms with Crippen molar-refractivity contribution in [3.63, 3.8) is 0 Å². The number of imide groups is 1. The quantitative estimate of drug-likeness (QED) is 0.420. The summed E-state index contributed by atoms with van der Waals surface area (Å²) in [6, 6.07) is 17.9. The van der Waals surface area contributed by atoms with Crippen LogP contribution in [0, 0.1) is 0 Å². The fourth-order valence-electron chi connectivity index (χ4n) is 3.56. The number of halogens is 3. The Morgan fingerprint density at radius 1 is 0.857 bits per heavy atom. The van der Waals surface area contributed by atoms with Crippen LogP contribution in [0.2, 0.25) is 0 Å². The van der Waals surface area contributed by atoms with Gasteiger partial charge in [0.2, 0.25) is 6.10 Å². The zero-order valence-corrected chi connectivity index (χ0v) is 17.9. The molecule has 1 aliphatic rings. The summed E-state index contributed by atoms with van der Waals surface area (Å²) in [7, 11) is 0. The van der Waals surface area contributed by atoms with Gasteiger partial charge >= 0.3 is 12.1 Å². The maximum atomic E-state index is 13.0. The second kappa shape index (κ2) is 9.41. The molecule has 7 nitrogen and oxygen atoms in total. The van der Waals surface area contributed by atoms with Gasteiger partial charge in [0.15, 0.2) is 0 Å². The molecule has 1 heterocycles. The lowest BCUT2D eigenvalue weighted by molar-refractivity contribution is -0.154. The molecule has 1 N–H and O–H groups in total. The number of esters is 1. The van der Waals surface area contributed by atoms with Gasteiger partial charge in [-0.15, -0.1) is 0 Å². The van der Waals surface area contributed by atoms with Crippen LogP contribution >= 0.6 is 0 Å². The number of carbonyl (C=O) groups is 4. The van der Waals surface area contributed by atoms with E-state index in [-0.39, 0.29) is 22.4 Å². The molecule has 35 heavy (non-hydrogen) atoms. The van der Waals surface area contributed by atoms with Crippen LogP contribution in [-0.4, -0.2) is 35.1 Å². The van der Waals surface area contributed by atoms with Gasteiger partial charge in [0.25, 0.3) is 17.7 Å². The van der Waals surface area contributed by atoms with Crippen LogP contribution in [0.5, 0.6) is 0 Å². The summed E-state index contributed by atoms with van der Waals surface area (Å²) in [5, 5.41) is 2.32. The van der Waals surface area contributed by atoms with Gasteiger partial charge in [-0.1, -0.05) is 48.5 Å². The number of fused-ring (bicyclic) bond motifs is 1. The predicted molar refractivity (Wildman–Crippen MR) is 117 cm³/mol. The minimum atomic E-state index is -4.61. The van der Waals surface area contributed by atoms with Crippen LogP contribution in [0.15, 0.2) is 78.9 Å². The van der Waals surface area contributed by atoms with E-state index >= 15 is 0 Å². The molecule has 4 rings (SSSR count). The Balaban J connectivity index is 1.52. The van der Waals surface area contributed by atoms with Crippen molar-refractivity contribution in [2.75, 3.05) is 11.9 Å². The molecule has 0 aromatic heterocycles. The Bertz CT molecular complexity index is 1270. The van der Waals surface area contributed by atoms with Gasteiger partial charge < -0.3 is 10.1 Å². The number of nitrogens with one attached hydrogen (secondary N) is 1. The maximum absolute atomic E-state index is 13.0. The van der Waals surface area contributed by atoms with Crippen LogP contribution < -0.4 is 5.32 Å². The van der Waals surface area contributed by atoms with E-state index in [0.29, 0.717) is 4.90 Å². The molecule has 178 valence electrons. The van der Waals surface area contributed by atoms with Gasteiger partial charge in [-0.25, -0.2) is 0 Å². The summed E-state index contributed by atoms with van der Waals surface area (Å²) in [6.07, 6.45) is -6.16. The Hall–Kier alpha value is -4.47. The summed E-state index contributed by atoms with van der Waals surface area (Å²) >= 11 is 0. The summed E-state index contributed by atoms with van der Waals surface area (Å²) in [4.78, 5) is 51.3. The molecule has 0 aliphatic carbocycles. The van der Waals surface area contributed by atoms with E-state index < -0.39 is 48.1 Å². The third-order valence-electron chi connectivity index (χ3n) is 5.21. The number of amides is 3. The van der Waals surface area contributed by atoms with Crippen LogP contribution in [0.25, 0.3) is 0 Å². The number of rotatable bonds is 6. The van der Waals surface area contributed by atoms with Gasteiger partial charge in [0, 0.05) is 11.3 Å². The summed E-state index contributed by atoms with van der Waals surface area (Å²) in [6.45, 7) is -0.744. The molecular formula is C25H17F3N2O5. The molecule has 3 aromatic rings. The molecule has 1 aliphatic heterocycles. The Morgan fingerprint density at radius 3 is 2.06 bits per heavy atom. The molecule has 0 saturated carbocycles. The molecule has 0 spiro atoms. The number of carbonyl (C=O) groups excluding carboxylic acids is 4. The third kappa shape index (κ3) is 5.06. The Labute approximate surface area is 197 Å². The SMILES string of the molecule is O=C(CN1C(=O)c2ccccc2C1=O)O[C@@H](C(=O)Nc1cccc(C(F)(F)F)c1)c1ccccc1. The molecular weight excluding hydrogens is 465 g/mol. The minimum absolute atomic E-state index is 0.146. The van der Waals surface area contributed by atoms with E-state index in [1.54, 1.807) is 30.3 Å². The lowest BCUT2D eigenvalue weighted by Gasteiger charge is -2.20. The van der Waals surface area contributed by atoms with Crippen molar-refractivity contribution in [2.24, 2.45) is 0 Å². The number of benzene rings is 3. The molecule has 1 atom stereocenters. The first-order valence-corrected chi connectivity index (χ1v) is 10.3. The van der Waals surface area contributed by atoms with Crippen molar-refractivity contribution >= 4 is 29.4 Å². The highest BCUT2D eigenvalue weighted by atomic mass is 19.4. The van der Waals surface area contributed by atoms with E-state index in [4.69, 9.17) is 4.74 Å². The first-order chi connectivity index (χ1) is 16.6. The fraction of sp³-hybridized carbons (Fsp3) is 0.120. The fourth-order valence-corrected chi connectivity index (χ4v) is 3.56. The van der Waals surface area contributed by atoms with Gasteiger partial charge in [0.05, 0.1) is 16.7 Å². The van der Waals surface area contributed by atoms with Crippen LogP contribution in [0.4, 0.5) is 18.9 Å². The molecule has 0 radical (unpaired) electrons. The molecule has 0 fully saturated rings. The van der Waals surface area contributed by atoms with Crippen molar-refractivity contribution in [1.82, 2.24) is 4.90 Å². The van der Waals surface area contributed by atoms with Crippen LogP contribution in [0.1, 0.15) is 37.9 Å².